The highest BCUT2D eigenvalue weighted by molar-refractivity contribution is 7.92. The van der Waals surface area contributed by atoms with E-state index in [1.807, 2.05) is 30.3 Å². The van der Waals surface area contributed by atoms with Crippen LogP contribution < -0.4 is 15.6 Å². The van der Waals surface area contributed by atoms with Crippen LogP contribution in [0.5, 0.6) is 0 Å². The van der Waals surface area contributed by atoms with E-state index in [0.29, 0.717) is 17.0 Å². The molecule has 5 aromatic rings. The van der Waals surface area contributed by atoms with Crippen molar-refractivity contribution in [3.05, 3.63) is 95.8 Å². The number of aryl methyl sites for hydroxylation is 1. The number of nitrogens with one attached hydrogen (secondary N) is 3. The van der Waals surface area contributed by atoms with Gasteiger partial charge in [-0.3, -0.25) is 10.2 Å². The highest BCUT2D eigenvalue weighted by Crippen LogP contribution is 2.25. The first-order valence-corrected chi connectivity index (χ1v) is 12.0. The van der Waals surface area contributed by atoms with Gasteiger partial charge in [-0.15, -0.1) is 0 Å². The van der Waals surface area contributed by atoms with Crippen LogP contribution in [-0.2, 0) is 10.0 Å². The molecule has 0 aliphatic carbocycles. The average Bonchev–Trinajstić information content (AvgIpc) is 2.83. The fraction of sp³-hybridized carbons (Fsp3) is 0.0400. The third-order valence-corrected chi connectivity index (χ3v) is 6.71. The predicted octanol–water partition coefficient (Wildman–Crippen LogP) is 4.22. The van der Waals surface area contributed by atoms with Crippen molar-refractivity contribution in [1.29, 1.82) is 5.41 Å². The summed E-state index contributed by atoms with van der Waals surface area (Å²) in [6.07, 6.45) is 1.46. The molecule has 0 aliphatic heterocycles. The summed E-state index contributed by atoms with van der Waals surface area (Å²) in [5.41, 5.74) is 1.27. The molecule has 35 heavy (non-hydrogen) atoms. The predicted molar refractivity (Wildman–Crippen MR) is 132 cm³/mol. The summed E-state index contributed by atoms with van der Waals surface area (Å²) in [6, 6.07) is 20.3. The lowest BCUT2D eigenvalue weighted by Gasteiger charge is -2.09. The highest BCUT2D eigenvalue weighted by atomic mass is 32.2. The molecule has 0 unspecified atom stereocenters. The van der Waals surface area contributed by atoms with Crippen molar-refractivity contribution in [2.75, 3.05) is 10.0 Å². The van der Waals surface area contributed by atoms with Crippen LogP contribution in [-0.4, -0.2) is 24.3 Å². The SMILES string of the molecule is Cc1ccnc(NS(=O)(=O)c2ccc(NC(=O)c3cc4c(ccc5ccccc54)oc3=N)cc2)n1. The normalized spacial score (nSPS) is 11.5. The van der Waals surface area contributed by atoms with Crippen molar-refractivity contribution in [2.45, 2.75) is 11.8 Å². The van der Waals surface area contributed by atoms with Crippen molar-refractivity contribution >= 4 is 49.3 Å². The number of amides is 1. The Labute approximate surface area is 200 Å². The summed E-state index contributed by atoms with van der Waals surface area (Å²) in [4.78, 5) is 20.9. The van der Waals surface area contributed by atoms with Crippen LogP contribution >= 0.6 is 0 Å². The second kappa shape index (κ2) is 8.65. The number of sulfonamides is 1. The van der Waals surface area contributed by atoms with Crippen LogP contribution in [0.15, 0.2) is 88.3 Å². The molecule has 3 N–H and O–H groups in total. The maximum absolute atomic E-state index is 12.9. The van der Waals surface area contributed by atoms with E-state index >= 15 is 0 Å². The maximum Gasteiger partial charge on any atom is 0.264 e. The van der Waals surface area contributed by atoms with Gasteiger partial charge < -0.3 is 9.73 Å². The van der Waals surface area contributed by atoms with E-state index in [1.165, 1.54) is 30.5 Å². The number of carbonyl (C=O) groups excluding carboxylic acids is 1. The van der Waals surface area contributed by atoms with Crippen LogP contribution in [0, 0.1) is 12.3 Å². The minimum atomic E-state index is -3.91. The summed E-state index contributed by atoms with van der Waals surface area (Å²) in [5, 5.41) is 13.5. The highest BCUT2D eigenvalue weighted by Gasteiger charge is 2.17. The minimum Gasteiger partial charge on any atom is -0.438 e. The average molecular weight is 486 g/mol. The van der Waals surface area contributed by atoms with Gasteiger partial charge in [-0.1, -0.05) is 30.3 Å². The molecule has 10 heteroatoms. The number of nitrogens with zero attached hydrogens (tertiary/aromatic N) is 2. The van der Waals surface area contributed by atoms with Gasteiger partial charge in [0.1, 0.15) is 11.1 Å². The molecule has 0 spiro atoms. The number of anilines is 2. The third-order valence-electron chi connectivity index (χ3n) is 5.36. The monoisotopic (exact) mass is 485 g/mol. The van der Waals surface area contributed by atoms with Crippen LogP contribution in [0.1, 0.15) is 16.1 Å². The molecule has 3 aromatic carbocycles. The van der Waals surface area contributed by atoms with E-state index in [0.717, 1.165) is 16.2 Å². The Morgan fingerprint density at radius 2 is 1.74 bits per heavy atom. The molecule has 1 amide bonds. The van der Waals surface area contributed by atoms with Gasteiger partial charge >= 0.3 is 0 Å². The Bertz CT molecular complexity index is 1760. The van der Waals surface area contributed by atoms with E-state index in [4.69, 9.17) is 9.83 Å². The Morgan fingerprint density at radius 3 is 2.51 bits per heavy atom. The van der Waals surface area contributed by atoms with E-state index in [9.17, 15) is 13.2 Å². The van der Waals surface area contributed by atoms with Gasteiger partial charge in [0.25, 0.3) is 15.9 Å². The molecule has 0 atom stereocenters. The van der Waals surface area contributed by atoms with E-state index in [2.05, 4.69) is 20.0 Å². The lowest BCUT2D eigenvalue weighted by atomic mass is 10.0. The van der Waals surface area contributed by atoms with Crippen molar-refractivity contribution in [3.8, 4) is 0 Å². The summed E-state index contributed by atoms with van der Waals surface area (Å²) < 4.78 is 33.2. The van der Waals surface area contributed by atoms with E-state index < -0.39 is 15.9 Å². The van der Waals surface area contributed by atoms with E-state index in [-0.39, 0.29) is 22.0 Å². The van der Waals surface area contributed by atoms with E-state index in [1.54, 1.807) is 25.1 Å². The van der Waals surface area contributed by atoms with Gasteiger partial charge in [-0.05, 0) is 60.2 Å². The first-order chi connectivity index (χ1) is 16.8. The lowest BCUT2D eigenvalue weighted by molar-refractivity contribution is 0.102. The molecule has 0 bridgehead atoms. The molecule has 2 heterocycles. The molecule has 0 radical (unpaired) electrons. The van der Waals surface area contributed by atoms with Gasteiger partial charge in [-0.25, -0.2) is 23.1 Å². The molecule has 0 fully saturated rings. The zero-order chi connectivity index (χ0) is 24.6. The topological polar surface area (TPSA) is 138 Å². The van der Waals surface area contributed by atoms with Gasteiger partial charge in [0, 0.05) is 23.0 Å². The number of hydrogen-bond acceptors (Lipinski definition) is 7. The molecule has 174 valence electrons. The standard InChI is InChI=1S/C25H19N5O4S/c1-15-12-13-27-25(28-15)30-35(32,33)18-9-7-17(8-10-18)29-24(31)21-14-20-19-5-3-2-4-16(19)6-11-22(20)34-23(21)26/h2-14,26H,1H3,(H,29,31)(H,27,28,30). The molecule has 9 nitrogen and oxygen atoms in total. The Balaban J connectivity index is 1.40. The molecule has 0 saturated heterocycles. The molecule has 5 rings (SSSR count). The molecule has 0 aliphatic rings. The lowest BCUT2D eigenvalue weighted by Crippen LogP contribution is -2.21. The fourth-order valence-corrected chi connectivity index (χ4v) is 4.60. The Morgan fingerprint density at radius 1 is 0.971 bits per heavy atom. The number of benzene rings is 3. The number of aromatic nitrogens is 2. The van der Waals surface area contributed by atoms with Gasteiger partial charge in [-0.2, -0.15) is 0 Å². The molecule has 0 saturated carbocycles. The number of fused-ring (bicyclic) bond motifs is 3. The molecular weight excluding hydrogens is 466 g/mol. The zero-order valence-corrected chi connectivity index (χ0v) is 19.3. The number of hydrogen-bond donors (Lipinski definition) is 3. The quantitative estimate of drug-likeness (QED) is 0.319. The van der Waals surface area contributed by atoms with Crippen molar-refractivity contribution in [1.82, 2.24) is 9.97 Å². The second-order valence-corrected chi connectivity index (χ2v) is 9.48. The summed E-state index contributed by atoms with van der Waals surface area (Å²) >= 11 is 0. The van der Waals surface area contributed by atoms with Gasteiger partial charge in [0.2, 0.25) is 11.5 Å². The van der Waals surface area contributed by atoms with Crippen molar-refractivity contribution < 1.29 is 17.6 Å². The van der Waals surface area contributed by atoms with Gasteiger partial charge in [0.15, 0.2) is 0 Å². The number of carbonyl (C=O) groups is 1. The first kappa shape index (κ1) is 22.2. The zero-order valence-electron chi connectivity index (χ0n) is 18.4. The summed E-state index contributed by atoms with van der Waals surface area (Å²) in [7, 11) is -3.91. The number of rotatable bonds is 5. The van der Waals surface area contributed by atoms with Crippen LogP contribution in [0.25, 0.3) is 21.7 Å². The fourth-order valence-electron chi connectivity index (χ4n) is 3.65. The van der Waals surface area contributed by atoms with Crippen LogP contribution in [0.3, 0.4) is 0 Å². The smallest absolute Gasteiger partial charge is 0.264 e. The minimum absolute atomic E-state index is 0.0195. The summed E-state index contributed by atoms with van der Waals surface area (Å²) in [5.74, 6) is -0.576. The van der Waals surface area contributed by atoms with Crippen molar-refractivity contribution in [3.63, 3.8) is 0 Å². The second-order valence-electron chi connectivity index (χ2n) is 7.79. The van der Waals surface area contributed by atoms with Crippen LogP contribution in [0.4, 0.5) is 11.6 Å². The third kappa shape index (κ3) is 4.46. The Hall–Kier alpha value is -4.57. The Kier molecular flexibility index (Phi) is 5.50. The molecule has 2 aromatic heterocycles. The van der Waals surface area contributed by atoms with Gasteiger partial charge in [0.05, 0.1) is 4.90 Å². The largest absolute Gasteiger partial charge is 0.438 e. The summed E-state index contributed by atoms with van der Waals surface area (Å²) in [6.45, 7) is 1.73. The maximum atomic E-state index is 12.9. The van der Waals surface area contributed by atoms with Crippen LogP contribution in [0.2, 0.25) is 0 Å². The van der Waals surface area contributed by atoms with Crippen molar-refractivity contribution in [2.24, 2.45) is 0 Å². The molecular formula is C25H19N5O4S. The first-order valence-electron chi connectivity index (χ1n) is 10.5.